The van der Waals surface area contributed by atoms with Gasteiger partial charge >= 0.3 is 0 Å². The van der Waals surface area contributed by atoms with Gasteiger partial charge < -0.3 is 19.2 Å². The maximum atomic E-state index is 12.8. The standard InChI is InChI=1S/C18H19NO5/c1-11-9-15(20)17(22)18(24-11)14(10-19(2)3)16(21)12-5-7-13(23-4)8-6-12/h5-10,22H,1-4H3. The number of carbonyl (C=O) groups excluding carboxylic acids is 1. The van der Waals surface area contributed by atoms with Crippen LogP contribution in [0.25, 0.3) is 5.57 Å². The number of carbonyl (C=O) groups is 1. The number of aryl methyl sites for hydroxylation is 1. The van der Waals surface area contributed by atoms with Gasteiger partial charge in [0.05, 0.1) is 12.7 Å². The number of rotatable bonds is 5. The summed E-state index contributed by atoms with van der Waals surface area (Å²) in [4.78, 5) is 26.3. The van der Waals surface area contributed by atoms with Gasteiger partial charge in [-0.2, -0.15) is 0 Å². The van der Waals surface area contributed by atoms with Crippen molar-refractivity contribution >= 4 is 11.4 Å². The molecule has 0 atom stereocenters. The fourth-order valence-corrected chi connectivity index (χ4v) is 2.16. The molecular formula is C18H19NO5. The third-order valence-electron chi connectivity index (χ3n) is 3.27. The molecule has 0 fully saturated rings. The Morgan fingerprint density at radius 3 is 2.42 bits per heavy atom. The molecule has 0 spiro atoms. The minimum Gasteiger partial charge on any atom is -0.502 e. The van der Waals surface area contributed by atoms with Crippen LogP contribution in [0.4, 0.5) is 0 Å². The molecule has 0 radical (unpaired) electrons. The molecule has 2 rings (SSSR count). The average molecular weight is 329 g/mol. The van der Waals surface area contributed by atoms with E-state index in [9.17, 15) is 14.7 Å². The molecule has 0 bridgehead atoms. The van der Waals surface area contributed by atoms with Crippen LogP contribution in [0, 0.1) is 6.92 Å². The number of methoxy groups -OCH3 is 1. The van der Waals surface area contributed by atoms with Crippen molar-refractivity contribution < 1.29 is 19.1 Å². The highest BCUT2D eigenvalue weighted by molar-refractivity contribution is 6.28. The second kappa shape index (κ2) is 7.04. The number of hydrogen-bond acceptors (Lipinski definition) is 6. The van der Waals surface area contributed by atoms with E-state index in [0.29, 0.717) is 17.1 Å². The van der Waals surface area contributed by atoms with Gasteiger partial charge in [-0.25, -0.2) is 0 Å². The van der Waals surface area contributed by atoms with Gasteiger partial charge in [-0.15, -0.1) is 0 Å². The highest BCUT2D eigenvalue weighted by atomic mass is 16.5. The van der Waals surface area contributed by atoms with Gasteiger partial charge in [-0.1, -0.05) is 0 Å². The Labute approximate surface area is 139 Å². The molecule has 24 heavy (non-hydrogen) atoms. The fourth-order valence-electron chi connectivity index (χ4n) is 2.16. The first kappa shape index (κ1) is 17.3. The van der Waals surface area contributed by atoms with E-state index >= 15 is 0 Å². The monoisotopic (exact) mass is 329 g/mol. The third kappa shape index (κ3) is 3.65. The minimum atomic E-state index is -0.596. The van der Waals surface area contributed by atoms with Gasteiger partial charge in [-0.3, -0.25) is 9.59 Å². The zero-order valence-electron chi connectivity index (χ0n) is 14.0. The first-order chi connectivity index (χ1) is 11.3. The van der Waals surface area contributed by atoms with Gasteiger partial charge in [-0.05, 0) is 31.2 Å². The molecule has 6 nitrogen and oxygen atoms in total. The molecule has 0 aliphatic heterocycles. The number of aromatic hydroxyl groups is 1. The van der Waals surface area contributed by atoms with Crippen LogP contribution in [0.3, 0.4) is 0 Å². The predicted octanol–water partition coefficient (Wildman–Crippen LogP) is 2.45. The van der Waals surface area contributed by atoms with Crippen LogP contribution in [0.15, 0.2) is 45.7 Å². The molecule has 0 saturated carbocycles. The third-order valence-corrected chi connectivity index (χ3v) is 3.27. The zero-order valence-corrected chi connectivity index (χ0v) is 14.0. The second-order valence-electron chi connectivity index (χ2n) is 5.46. The first-order valence-electron chi connectivity index (χ1n) is 7.24. The Kier molecular flexibility index (Phi) is 5.08. The van der Waals surface area contributed by atoms with E-state index in [1.165, 1.54) is 19.4 Å². The molecule has 0 aliphatic rings. The van der Waals surface area contributed by atoms with Crippen molar-refractivity contribution in [2.24, 2.45) is 0 Å². The summed E-state index contributed by atoms with van der Waals surface area (Å²) in [7, 11) is 4.99. The molecular weight excluding hydrogens is 310 g/mol. The Morgan fingerprint density at radius 2 is 1.88 bits per heavy atom. The summed E-state index contributed by atoms with van der Waals surface area (Å²) in [6, 6.07) is 7.70. The average Bonchev–Trinajstić information content (AvgIpc) is 2.55. The number of ketones is 1. The van der Waals surface area contributed by atoms with Crippen molar-refractivity contribution in [2.75, 3.05) is 21.2 Å². The number of allylic oxidation sites excluding steroid dienone is 1. The zero-order chi connectivity index (χ0) is 17.9. The maximum Gasteiger partial charge on any atom is 0.227 e. The number of hydrogen-bond donors (Lipinski definition) is 1. The molecule has 0 unspecified atom stereocenters. The maximum absolute atomic E-state index is 12.8. The van der Waals surface area contributed by atoms with E-state index < -0.39 is 11.2 Å². The van der Waals surface area contributed by atoms with Crippen LogP contribution < -0.4 is 10.2 Å². The SMILES string of the molecule is COc1ccc(C(=O)C(=CN(C)C)c2oc(C)cc(=O)c2O)cc1. The van der Waals surface area contributed by atoms with Crippen LogP contribution in [-0.2, 0) is 0 Å². The van der Waals surface area contributed by atoms with Crippen LogP contribution >= 0.6 is 0 Å². The van der Waals surface area contributed by atoms with Crippen molar-refractivity contribution in [1.82, 2.24) is 4.90 Å². The lowest BCUT2D eigenvalue weighted by Crippen LogP contribution is -2.12. The molecule has 1 N–H and O–H groups in total. The number of Topliss-reactive ketones (excluding diaryl/α,β-unsaturated/α-hetero) is 1. The fraction of sp³-hybridized carbons (Fsp3) is 0.222. The lowest BCUT2D eigenvalue weighted by atomic mass is 10.0. The molecule has 1 aromatic carbocycles. The largest absolute Gasteiger partial charge is 0.502 e. The Hall–Kier alpha value is -3.02. The highest BCUT2D eigenvalue weighted by Gasteiger charge is 2.22. The van der Waals surface area contributed by atoms with E-state index in [-0.39, 0.29) is 17.1 Å². The van der Waals surface area contributed by atoms with Crippen LogP contribution in [0.2, 0.25) is 0 Å². The Morgan fingerprint density at radius 1 is 1.25 bits per heavy atom. The van der Waals surface area contributed by atoms with E-state index in [4.69, 9.17) is 9.15 Å². The van der Waals surface area contributed by atoms with Gasteiger partial charge in [0, 0.05) is 31.9 Å². The van der Waals surface area contributed by atoms with E-state index in [2.05, 4.69) is 0 Å². The molecule has 0 amide bonds. The van der Waals surface area contributed by atoms with Gasteiger partial charge in [0.25, 0.3) is 0 Å². The summed E-state index contributed by atoms with van der Waals surface area (Å²) < 4.78 is 10.5. The lowest BCUT2D eigenvalue weighted by molar-refractivity contribution is 0.105. The van der Waals surface area contributed by atoms with E-state index in [1.54, 1.807) is 50.2 Å². The normalized spacial score (nSPS) is 11.2. The summed E-state index contributed by atoms with van der Waals surface area (Å²) in [6.45, 7) is 1.58. The molecule has 0 saturated heterocycles. The van der Waals surface area contributed by atoms with Gasteiger partial charge in [0.1, 0.15) is 11.5 Å². The molecule has 1 aromatic heterocycles. The molecule has 126 valence electrons. The predicted molar refractivity (Wildman–Crippen MR) is 90.4 cm³/mol. The summed E-state index contributed by atoms with van der Waals surface area (Å²) in [5, 5.41) is 10.0. The minimum absolute atomic E-state index is 0.0865. The number of ether oxygens (including phenoxy) is 1. The Balaban J connectivity index is 2.57. The lowest BCUT2D eigenvalue weighted by Gasteiger charge is -2.12. The highest BCUT2D eigenvalue weighted by Crippen LogP contribution is 2.27. The van der Waals surface area contributed by atoms with Crippen LogP contribution in [0.1, 0.15) is 21.9 Å². The van der Waals surface area contributed by atoms with E-state index in [1.807, 2.05) is 0 Å². The number of benzene rings is 1. The first-order valence-corrected chi connectivity index (χ1v) is 7.24. The van der Waals surface area contributed by atoms with E-state index in [0.717, 1.165) is 0 Å². The molecule has 6 heteroatoms. The van der Waals surface area contributed by atoms with Crippen molar-refractivity contribution in [2.45, 2.75) is 6.92 Å². The number of nitrogens with zero attached hydrogens (tertiary/aromatic N) is 1. The summed E-state index contributed by atoms with van der Waals surface area (Å²) in [5.41, 5.74) is -0.128. The summed E-state index contributed by atoms with van der Waals surface area (Å²) in [6.07, 6.45) is 1.50. The molecule has 0 aliphatic carbocycles. The summed E-state index contributed by atoms with van der Waals surface area (Å²) >= 11 is 0. The smallest absolute Gasteiger partial charge is 0.227 e. The van der Waals surface area contributed by atoms with Crippen molar-refractivity contribution in [1.29, 1.82) is 0 Å². The van der Waals surface area contributed by atoms with Crippen molar-refractivity contribution in [3.05, 3.63) is 63.8 Å². The topological polar surface area (TPSA) is 80.0 Å². The van der Waals surface area contributed by atoms with Crippen molar-refractivity contribution in [3.8, 4) is 11.5 Å². The molecule has 2 aromatic rings. The van der Waals surface area contributed by atoms with Crippen molar-refractivity contribution in [3.63, 3.8) is 0 Å². The quantitative estimate of drug-likeness (QED) is 0.670. The van der Waals surface area contributed by atoms with Gasteiger partial charge in [0.2, 0.25) is 11.2 Å². The van der Waals surface area contributed by atoms with Crippen LogP contribution in [0.5, 0.6) is 11.5 Å². The Bertz CT molecular complexity index is 831. The van der Waals surface area contributed by atoms with Gasteiger partial charge in [0.15, 0.2) is 11.5 Å². The molecule has 1 heterocycles. The van der Waals surface area contributed by atoms with Crippen LogP contribution in [-0.4, -0.2) is 37.0 Å². The summed E-state index contributed by atoms with van der Waals surface area (Å²) in [5.74, 6) is -0.185. The second-order valence-corrected chi connectivity index (χ2v) is 5.46.